The quantitative estimate of drug-likeness (QED) is 0.704. The normalized spacial score (nSPS) is 17.0. The van der Waals surface area contributed by atoms with Crippen LogP contribution >= 0.6 is 0 Å². The van der Waals surface area contributed by atoms with Crippen LogP contribution < -0.4 is 10.2 Å². The van der Waals surface area contributed by atoms with Crippen LogP contribution in [0.5, 0.6) is 0 Å². The molecule has 1 atom stereocenters. The number of fused-ring (bicyclic) bond motifs is 1. The number of hydrogen-bond acceptors (Lipinski definition) is 5. The lowest BCUT2D eigenvalue weighted by atomic mass is 9.96. The number of amides is 1. The van der Waals surface area contributed by atoms with Crippen LogP contribution in [0.2, 0.25) is 0 Å². The summed E-state index contributed by atoms with van der Waals surface area (Å²) in [5.41, 5.74) is 3.81. The van der Waals surface area contributed by atoms with Gasteiger partial charge in [-0.3, -0.25) is 4.79 Å². The molecular weight excluding hydrogens is 364 g/mol. The van der Waals surface area contributed by atoms with Crippen LogP contribution in [-0.2, 0) is 11.2 Å². The van der Waals surface area contributed by atoms with Crippen molar-refractivity contribution in [3.8, 4) is 0 Å². The first-order chi connectivity index (χ1) is 14.0. The van der Waals surface area contributed by atoms with Gasteiger partial charge in [0.2, 0.25) is 11.6 Å². The lowest BCUT2D eigenvalue weighted by Gasteiger charge is -2.33. The molecule has 0 bridgehead atoms. The summed E-state index contributed by atoms with van der Waals surface area (Å²) in [4.78, 5) is 24.3. The van der Waals surface area contributed by atoms with Crippen LogP contribution in [0.15, 0.2) is 28.7 Å². The highest BCUT2D eigenvalue weighted by molar-refractivity contribution is 5.94. The van der Waals surface area contributed by atoms with Crippen LogP contribution in [0, 0.1) is 26.7 Å². The molecule has 0 saturated carbocycles. The Balaban J connectivity index is 1.55. The molecule has 29 heavy (non-hydrogen) atoms. The summed E-state index contributed by atoms with van der Waals surface area (Å²) < 4.78 is 5.83. The minimum absolute atomic E-state index is 0.0704. The Morgan fingerprint density at radius 1 is 1.21 bits per heavy atom. The highest BCUT2D eigenvalue weighted by Crippen LogP contribution is 2.33. The number of benzene rings is 1. The van der Waals surface area contributed by atoms with E-state index in [4.69, 9.17) is 9.40 Å². The second kappa shape index (κ2) is 7.85. The van der Waals surface area contributed by atoms with E-state index in [2.05, 4.69) is 34.3 Å². The molecule has 2 aromatic heterocycles. The van der Waals surface area contributed by atoms with Gasteiger partial charge >= 0.3 is 0 Å². The van der Waals surface area contributed by atoms with E-state index in [1.807, 2.05) is 32.9 Å². The van der Waals surface area contributed by atoms with Crippen molar-refractivity contribution in [1.82, 2.24) is 9.97 Å². The van der Waals surface area contributed by atoms with E-state index in [-0.39, 0.29) is 11.8 Å². The summed E-state index contributed by atoms with van der Waals surface area (Å²) in [5.74, 6) is 2.42. The first-order valence-electron chi connectivity index (χ1n) is 10.4. The summed E-state index contributed by atoms with van der Waals surface area (Å²) >= 11 is 0. The largest absolute Gasteiger partial charge is 0.443 e. The molecule has 1 aliphatic heterocycles. The molecule has 0 radical (unpaired) electrons. The van der Waals surface area contributed by atoms with Gasteiger partial charge in [0.25, 0.3) is 0 Å². The topological polar surface area (TPSA) is 71.3 Å². The van der Waals surface area contributed by atoms with Crippen molar-refractivity contribution >= 4 is 28.5 Å². The van der Waals surface area contributed by atoms with E-state index in [0.29, 0.717) is 18.1 Å². The number of carbonyl (C=O) groups is 1. The molecule has 1 aliphatic rings. The van der Waals surface area contributed by atoms with Gasteiger partial charge in [-0.1, -0.05) is 19.1 Å². The number of rotatable bonds is 4. The van der Waals surface area contributed by atoms with Gasteiger partial charge in [0.1, 0.15) is 17.4 Å². The molecule has 6 nitrogen and oxygen atoms in total. The van der Waals surface area contributed by atoms with Crippen molar-refractivity contribution in [2.24, 2.45) is 5.92 Å². The van der Waals surface area contributed by atoms with Gasteiger partial charge in [0.15, 0.2) is 0 Å². The molecule has 0 spiro atoms. The Hall–Kier alpha value is -2.89. The standard InChI is InChI=1S/C23H28N4O2/c1-5-17-8-10-19(11-9-17)26-22(28)18-7-6-12-27(13-18)21-20-14(2)15(3)29-23(20)25-16(4)24-21/h8-11,18H,5-7,12-13H2,1-4H3,(H,26,28)/t18-/m1/s1. The number of aryl methyl sites for hydroxylation is 4. The molecule has 1 fully saturated rings. The van der Waals surface area contributed by atoms with Gasteiger partial charge < -0.3 is 14.6 Å². The number of hydrogen-bond donors (Lipinski definition) is 1. The third-order valence-electron chi connectivity index (χ3n) is 5.84. The third kappa shape index (κ3) is 3.84. The van der Waals surface area contributed by atoms with Gasteiger partial charge in [-0.05, 0) is 57.7 Å². The average molecular weight is 393 g/mol. The van der Waals surface area contributed by atoms with Crippen LogP contribution in [-0.4, -0.2) is 29.0 Å². The molecule has 3 heterocycles. The minimum Gasteiger partial charge on any atom is -0.443 e. The van der Waals surface area contributed by atoms with Crippen molar-refractivity contribution in [2.75, 3.05) is 23.3 Å². The first-order valence-corrected chi connectivity index (χ1v) is 10.4. The SMILES string of the molecule is CCc1ccc(NC(=O)[C@@H]2CCCN(c3nc(C)nc4oc(C)c(C)c34)C2)cc1. The fourth-order valence-electron chi connectivity index (χ4n) is 4.01. The predicted molar refractivity (Wildman–Crippen MR) is 115 cm³/mol. The maximum Gasteiger partial charge on any atom is 0.231 e. The zero-order valence-electron chi connectivity index (χ0n) is 17.6. The zero-order chi connectivity index (χ0) is 20.5. The summed E-state index contributed by atoms with van der Waals surface area (Å²) in [6.45, 7) is 9.52. The Labute approximate surface area is 171 Å². The van der Waals surface area contributed by atoms with Crippen molar-refractivity contribution in [2.45, 2.75) is 47.0 Å². The van der Waals surface area contributed by atoms with Crippen LogP contribution in [0.1, 0.15) is 42.5 Å². The zero-order valence-corrected chi connectivity index (χ0v) is 17.6. The highest BCUT2D eigenvalue weighted by atomic mass is 16.3. The number of nitrogens with one attached hydrogen (secondary N) is 1. The van der Waals surface area contributed by atoms with Gasteiger partial charge in [-0.2, -0.15) is 4.98 Å². The lowest BCUT2D eigenvalue weighted by Crippen LogP contribution is -2.41. The first kappa shape index (κ1) is 19.4. The lowest BCUT2D eigenvalue weighted by molar-refractivity contribution is -0.120. The van der Waals surface area contributed by atoms with Crippen molar-refractivity contribution < 1.29 is 9.21 Å². The van der Waals surface area contributed by atoms with Gasteiger partial charge in [0, 0.05) is 24.3 Å². The van der Waals surface area contributed by atoms with Crippen molar-refractivity contribution in [1.29, 1.82) is 0 Å². The Bertz CT molecular complexity index is 1040. The molecule has 0 unspecified atom stereocenters. The molecule has 1 aromatic carbocycles. The molecule has 1 saturated heterocycles. The fourth-order valence-corrected chi connectivity index (χ4v) is 4.01. The number of aromatic nitrogens is 2. The summed E-state index contributed by atoms with van der Waals surface area (Å²) in [6, 6.07) is 8.08. The number of carbonyl (C=O) groups excluding carboxylic acids is 1. The molecule has 4 rings (SSSR count). The van der Waals surface area contributed by atoms with Crippen LogP contribution in [0.3, 0.4) is 0 Å². The van der Waals surface area contributed by atoms with E-state index in [0.717, 1.165) is 54.0 Å². The summed E-state index contributed by atoms with van der Waals surface area (Å²) in [5, 5.41) is 4.04. The summed E-state index contributed by atoms with van der Waals surface area (Å²) in [6.07, 6.45) is 2.82. The smallest absolute Gasteiger partial charge is 0.231 e. The van der Waals surface area contributed by atoms with Gasteiger partial charge in [-0.15, -0.1) is 0 Å². The molecule has 0 aliphatic carbocycles. The maximum atomic E-state index is 12.9. The van der Waals surface area contributed by atoms with Gasteiger partial charge in [-0.25, -0.2) is 4.98 Å². The molecule has 3 aromatic rings. The van der Waals surface area contributed by atoms with Crippen LogP contribution in [0.4, 0.5) is 11.5 Å². The fraction of sp³-hybridized carbons (Fsp3) is 0.435. The van der Waals surface area contributed by atoms with E-state index < -0.39 is 0 Å². The Morgan fingerprint density at radius 2 is 1.97 bits per heavy atom. The number of furan rings is 1. The van der Waals surface area contributed by atoms with E-state index in [9.17, 15) is 4.79 Å². The second-order valence-electron chi connectivity index (χ2n) is 7.88. The highest BCUT2D eigenvalue weighted by Gasteiger charge is 2.29. The van der Waals surface area contributed by atoms with Crippen molar-refractivity contribution in [3.05, 3.63) is 47.0 Å². The molecule has 6 heteroatoms. The van der Waals surface area contributed by atoms with E-state index >= 15 is 0 Å². The molecule has 152 valence electrons. The molecule has 1 N–H and O–H groups in total. The van der Waals surface area contributed by atoms with E-state index in [1.165, 1.54) is 5.56 Å². The average Bonchev–Trinajstić information content (AvgIpc) is 3.01. The monoisotopic (exact) mass is 392 g/mol. The number of nitrogens with zero attached hydrogens (tertiary/aromatic N) is 3. The number of piperidine rings is 1. The Morgan fingerprint density at radius 3 is 2.69 bits per heavy atom. The maximum absolute atomic E-state index is 12.9. The minimum atomic E-state index is -0.0757. The van der Waals surface area contributed by atoms with Crippen molar-refractivity contribution in [3.63, 3.8) is 0 Å². The predicted octanol–water partition coefficient (Wildman–Crippen LogP) is 4.57. The number of anilines is 2. The third-order valence-corrected chi connectivity index (χ3v) is 5.84. The second-order valence-corrected chi connectivity index (χ2v) is 7.88. The molecule has 1 amide bonds. The van der Waals surface area contributed by atoms with Gasteiger partial charge in [0.05, 0.1) is 11.3 Å². The van der Waals surface area contributed by atoms with E-state index in [1.54, 1.807) is 0 Å². The summed E-state index contributed by atoms with van der Waals surface area (Å²) in [7, 11) is 0. The Kier molecular flexibility index (Phi) is 5.26. The molecular formula is C23H28N4O2. The van der Waals surface area contributed by atoms with Crippen LogP contribution in [0.25, 0.3) is 11.1 Å².